The number of halogens is 2. The van der Waals surface area contributed by atoms with Gasteiger partial charge in [-0.1, -0.05) is 47.5 Å². The van der Waals surface area contributed by atoms with Crippen LogP contribution in [0.15, 0.2) is 66.7 Å². The SMILES string of the molecule is COc1ccc(/C=C/C(=O)c2cccc(O)c2)cc1COc1ccc(Cl)cc1Cl. The lowest BCUT2D eigenvalue weighted by molar-refractivity contribution is 0.104. The largest absolute Gasteiger partial charge is 0.508 e. The monoisotopic (exact) mass is 428 g/mol. The summed E-state index contributed by atoms with van der Waals surface area (Å²) in [5, 5.41) is 10.5. The normalized spacial score (nSPS) is 10.9. The third-order valence-corrected chi connectivity index (χ3v) is 4.67. The van der Waals surface area contributed by atoms with Crippen molar-refractivity contribution < 1.29 is 19.4 Å². The predicted octanol–water partition coefficient (Wildman–Crippen LogP) is 6.18. The van der Waals surface area contributed by atoms with Crippen LogP contribution in [-0.2, 0) is 6.61 Å². The smallest absolute Gasteiger partial charge is 0.185 e. The van der Waals surface area contributed by atoms with Crippen LogP contribution in [0.25, 0.3) is 6.08 Å². The molecule has 0 aliphatic carbocycles. The minimum Gasteiger partial charge on any atom is -0.508 e. The molecule has 0 saturated heterocycles. The number of allylic oxidation sites excluding steroid dienone is 1. The van der Waals surface area contributed by atoms with Crippen molar-refractivity contribution in [3.8, 4) is 17.2 Å². The molecule has 0 spiro atoms. The topological polar surface area (TPSA) is 55.8 Å². The fourth-order valence-corrected chi connectivity index (χ4v) is 3.15. The fraction of sp³-hybridized carbons (Fsp3) is 0.0870. The molecule has 1 N–H and O–H groups in total. The zero-order valence-electron chi connectivity index (χ0n) is 15.6. The van der Waals surface area contributed by atoms with E-state index in [9.17, 15) is 9.90 Å². The van der Waals surface area contributed by atoms with Crippen molar-refractivity contribution in [3.05, 3.63) is 93.5 Å². The van der Waals surface area contributed by atoms with E-state index in [0.29, 0.717) is 27.1 Å². The number of ether oxygens (including phenoxy) is 2. The summed E-state index contributed by atoms with van der Waals surface area (Å²) in [6.07, 6.45) is 3.15. The van der Waals surface area contributed by atoms with Gasteiger partial charge in [-0.3, -0.25) is 4.79 Å². The first-order chi connectivity index (χ1) is 14.0. The average molecular weight is 429 g/mol. The number of benzene rings is 3. The van der Waals surface area contributed by atoms with Crippen LogP contribution in [0.5, 0.6) is 17.2 Å². The zero-order chi connectivity index (χ0) is 20.8. The lowest BCUT2D eigenvalue weighted by Crippen LogP contribution is -2.00. The van der Waals surface area contributed by atoms with Gasteiger partial charge >= 0.3 is 0 Å². The maximum absolute atomic E-state index is 12.3. The maximum atomic E-state index is 12.3. The second-order valence-corrected chi connectivity index (χ2v) is 7.03. The molecule has 3 rings (SSSR count). The molecule has 148 valence electrons. The number of carbonyl (C=O) groups excluding carboxylic acids is 1. The summed E-state index contributed by atoms with van der Waals surface area (Å²) in [6, 6.07) is 16.7. The zero-order valence-corrected chi connectivity index (χ0v) is 17.1. The Morgan fingerprint density at radius 3 is 2.55 bits per heavy atom. The average Bonchev–Trinajstić information content (AvgIpc) is 2.71. The number of ketones is 1. The number of aromatic hydroxyl groups is 1. The summed E-state index contributed by atoms with van der Waals surface area (Å²) >= 11 is 12.1. The molecule has 0 atom stereocenters. The summed E-state index contributed by atoms with van der Waals surface area (Å²) < 4.78 is 11.2. The molecular formula is C23H18Cl2O4. The van der Waals surface area contributed by atoms with Gasteiger partial charge in [0.25, 0.3) is 0 Å². The van der Waals surface area contributed by atoms with Gasteiger partial charge in [-0.25, -0.2) is 0 Å². The Kier molecular flexibility index (Phi) is 6.81. The molecule has 0 aliphatic rings. The van der Waals surface area contributed by atoms with Crippen molar-refractivity contribution >= 4 is 35.1 Å². The molecule has 6 heteroatoms. The lowest BCUT2D eigenvalue weighted by atomic mass is 10.1. The predicted molar refractivity (Wildman–Crippen MR) is 115 cm³/mol. The highest BCUT2D eigenvalue weighted by molar-refractivity contribution is 6.35. The van der Waals surface area contributed by atoms with E-state index in [2.05, 4.69) is 0 Å². The fourth-order valence-electron chi connectivity index (χ4n) is 2.69. The van der Waals surface area contributed by atoms with E-state index in [0.717, 1.165) is 11.1 Å². The van der Waals surface area contributed by atoms with Crippen LogP contribution in [0.2, 0.25) is 10.0 Å². The van der Waals surface area contributed by atoms with Crippen molar-refractivity contribution in [3.63, 3.8) is 0 Å². The molecule has 0 unspecified atom stereocenters. The number of carbonyl (C=O) groups is 1. The van der Waals surface area contributed by atoms with Gasteiger partial charge in [-0.05, 0) is 54.1 Å². The second-order valence-electron chi connectivity index (χ2n) is 6.18. The molecule has 0 fully saturated rings. The van der Waals surface area contributed by atoms with E-state index in [4.69, 9.17) is 32.7 Å². The summed E-state index contributed by atoms with van der Waals surface area (Å²) in [4.78, 5) is 12.3. The molecule has 29 heavy (non-hydrogen) atoms. The quantitative estimate of drug-likeness (QED) is 0.360. The van der Waals surface area contributed by atoms with Gasteiger partial charge in [0.05, 0.1) is 12.1 Å². The Balaban J connectivity index is 1.76. The third-order valence-electron chi connectivity index (χ3n) is 4.14. The molecule has 4 nitrogen and oxygen atoms in total. The van der Waals surface area contributed by atoms with Crippen molar-refractivity contribution in [2.75, 3.05) is 7.11 Å². The van der Waals surface area contributed by atoms with Crippen molar-refractivity contribution in [1.82, 2.24) is 0 Å². The summed E-state index contributed by atoms with van der Waals surface area (Å²) in [5.41, 5.74) is 2.02. The number of phenolic OH excluding ortho intramolecular Hbond substituents is 1. The molecule has 0 bridgehead atoms. The van der Waals surface area contributed by atoms with Gasteiger partial charge in [0, 0.05) is 16.1 Å². The van der Waals surface area contributed by atoms with E-state index in [1.54, 1.807) is 49.6 Å². The van der Waals surface area contributed by atoms with Gasteiger partial charge in [0.2, 0.25) is 0 Å². The number of phenols is 1. The molecule has 0 aliphatic heterocycles. The van der Waals surface area contributed by atoms with Crippen LogP contribution in [-0.4, -0.2) is 18.0 Å². The van der Waals surface area contributed by atoms with E-state index in [1.165, 1.54) is 18.2 Å². The minimum atomic E-state index is -0.206. The highest BCUT2D eigenvalue weighted by atomic mass is 35.5. The minimum absolute atomic E-state index is 0.0500. The summed E-state index contributed by atoms with van der Waals surface area (Å²) in [7, 11) is 1.58. The van der Waals surface area contributed by atoms with Gasteiger partial charge in [0.1, 0.15) is 23.9 Å². The van der Waals surface area contributed by atoms with Crippen LogP contribution in [0.4, 0.5) is 0 Å². The van der Waals surface area contributed by atoms with E-state index < -0.39 is 0 Å². The van der Waals surface area contributed by atoms with E-state index >= 15 is 0 Å². The van der Waals surface area contributed by atoms with E-state index in [1.807, 2.05) is 12.1 Å². The molecule has 0 saturated carbocycles. The van der Waals surface area contributed by atoms with Crippen LogP contribution < -0.4 is 9.47 Å². The summed E-state index contributed by atoms with van der Waals surface area (Å²) in [5.74, 6) is 1.01. The van der Waals surface area contributed by atoms with Crippen LogP contribution >= 0.6 is 23.2 Å². The second kappa shape index (κ2) is 9.50. The van der Waals surface area contributed by atoms with Crippen LogP contribution in [0.3, 0.4) is 0 Å². The Morgan fingerprint density at radius 1 is 1.03 bits per heavy atom. The molecule has 0 radical (unpaired) electrons. The van der Waals surface area contributed by atoms with Crippen LogP contribution in [0, 0.1) is 0 Å². The van der Waals surface area contributed by atoms with Gasteiger partial charge in [-0.15, -0.1) is 0 Å². The highest BCUT2D eigenvalue weighted by Crippen LogP contribution is 2.29. The number of methoxy groups -OCH3 is 1. The van der Waals surface area contributed by atoms with Crippen molar-refractivity contribution in [2.24, 2.45) is 0 Å². The van der Waals surface area contributed by atoms with Crippen molar-refractivity contribution in [1.29, 1.82) is 0 Å². The van der Waals surface area contributed by atoms with Gasteiger partial charge in [-0.2, -0.15) is 0 Å². The number of hydrogen-bond donors (Lipinski definition) is 1. The van der Waals surface area contributed by atoms with Gasteiger partial charge < -0.3 is 14.6 Å². The van der Waals surface area contributed by atoms with Gasteiger partial charge in [0.15, 0.2) is 5.78 Å². The first-order valence-corrected chi connectivity index (χ1v) is 9.48. The third kappa shape index (κ3) is 5.53. The Labute approximate surface area is 178 Å². The molecule has 0 aromatic heterocycles. The Bertz CT molecular complexity index is 1060. The highest BCUT2D eigenvalue weighted by Gasteiger charge is 2.08. The Hall–Kier alpha value is -2.95. The Morgan fingerprint density at radius 2 is 1.83 bits per heavy atom. The molecule has 3 aromatic carbocycles. The molecule has 0 amide bonds. The molecule has 0 heterocycles. The number of hydrogen-bond acceptors (Lipinski definition) is 4. The first kappa shape index (κ1) is 20.8. The lowest BCUT2D eigenvalue weighted by Gasteiger charge is -2.12. The standard InChI is InChI=1S/C23H18Cl2O4/c1-28-22-9-6-15(5-8-21(27)16-3-2-4-19(26)12-16)11-17(22)14-29-23-10-7-18(24)13-20(23)25/h2-13,26H,14H2,1H3/b8-5+. The van der Waals surface area contributed by atoms with E-state index in [-0.39, 0.29) is 18.1 Å². The molecule has 3 aromatic rings. The van der Waals surface area contributed by atoms with Crippen molar-refractivity contribution in [2.45, 2.75) is 6.61 Å². The van der Waals surface area contributed by atoms with Crippen LogP contribution in [0.1, 0.15) is 21.5 Å². The molecular weight excluding hydrogens is 411 g/mol. The maximum Gasteiger partial charge on any atom is 0.185 e. The summed E-state index contributed by atoms with van der Waals surface area (Å²) in [6.45, 7) is 0.229. The first-order valence-electron chi connectivity index (χ1n) is 8.72. The number of rotatable bonds is 7.